The van der Waals surface area contributed by atoms with E-state index in [4.69, 9.17) is 9.84 Å². The number of amides is 1. The van der Waals surface area contributed by atoms with Crippen LogP contribution in [0.4, 0.5) is 0 Å². The van der Waals surface area contributed by atoms with Gasteiger partial charge >= 0.3 is 0 Å². The molecule has 23 heavy (non-hydrogen) atoms. The second kappa shape index (κ2) is 8.45. The number of benzene rings is 1. The van der Waals surface area contributed by atoms with Crippen LogP contribution < -0.4 is 10.1 Å². The summed E-state index contributed by atoms with van der Waals surface area (Å²) in [6.07, 6.45) is 3.16. The summed E-state index contributed by atoms with van der Waals surface area (Å²) in [5.74, 6) is 0.525. The van der Waals surface area contributed by atoms with Crippen molar-refractivity contribution in [2.45, 2.75) is 26.5 Å². The molecule has 6 heteroatoms. The Bertz CT molecular complexity index is 665. The Balaban J connectivity index is 1.85. The van der Waals surface area contributed by atoms with Gasteiger partial charge in [-0.3, -0.25) is 4.79 Å². The van der Waals surface area contributed by atoms with E-state index in [0.29, 0.717) is 6.61 Å². The Morgan fingerprint density at radius 2 is 2.17 bits per heavy atom. The van der Waals surface area contributed by atoms with Crippen molar-refractivity contribution in [3.8, 4) is 5.75 Å². The summed E-state index contributed by atoms with van der Waals surface area (Å²) in [5, 5.41) is 14.5. The number of aliphatic hydroxyl groups is 1. The van der Waals surface area contributed by atoms with E-state index in [1.807, 2.05) is 36.6 Å². The van der Waals surface area contributed by atoms with Crippen LogP contribution in [0.3, 0.4) is 0 Å². The van der Waals surface area contributed by atoms with E-state index in [1.165, 1.54) is 6.08 Å². The van der Waals surface area contributed by atoms with Crippen LogP contribution in [0.25, 0.3) is 6.08 Å². The zero-order valence-electron chi connectivity index (χ0n) is 13.2. The third-order valence-corrected chi connectivity index (χ3v) is 3.85. The molecule has 5 nitrogen and oxygen atoms in total. The molecule has 1 aromatic heterocycles. The van der Waals surface area contributed by atoms with Gasteiger partial charge in [0, 0.05) is 17.5 Å². The summed E-state index contributed by atoms with van der Waals surface area (Å²) in [7, 11) is 0. The van der Waals surface area contributed by atoms with E-state index in [-0.39, 0.29) is 18.6 Å². The molecule has 122 valence electrons. The predicted molar refractivity (Wildman–Crippen MR) is 91.3 cm³/mol. The third kappa shape index (κ3) is 5.84. The van der Waals surface area contributed by atoms with Crippen molar-refractivity contribution in [2.75, 3.05) is 6.61 Å². The molecule has 1 unspecified atom stereocenters. The largest absolute Gasteiger partial charge is 0.487 e. The highest BCUT2D eigenvalue weighted by Gasteiger charge is 2.02. The number of aliphatic hydroxyl groups excluding tert-OH is 1. The molecule has 1 atom stereocenters. The standard InChI is InChI=1S/C17H20N2O3S/c1-12(9-20)18-17(21)8-5-14-3-6-16(7-4-14)22-10-15-11-23-13(2)19-15/h3-8,11-12,20H,9-10H2,1-2H3,(H,18,21)/b8-5+. The first-order chi connectivity index (χ1) is 11.1. The minimum atomic E-state index is -0.253. The summed E-state index contributed by atoms with van der Waals surface area (Å²) >= 11 is 1.60. The molecular weight excluding hydrogens is 312 g/mol. The number of hydrogen-bond donors (Lipinski definition) is 2. The fourth-order valence-electron chi connectivity index (χ4n) is 1.82. The number of hydrogen-bond acceptors (Lipinski definition) is 5. The monoisotopic (exact) mass is 332 g/mol. The molecule has 1 amide bonds. The number of ether oxygens (including phenoxy) is 1. The van der Waals surface area contributed by atoms with Crippen molar-refractivity contribution >= 4 is 23.3 Å². The van der Waals surface area contributed by atoms with Crippen molar-refractivity contribution in [1.82, 2.24) is 10.3 Å². The summed E-state index contributed by atoms with van der Waals surface area (Å²) in [6.45, 7) is 4.07. The van der Waals surface area contributed by atoms with Crippen LogP contribution in [0.15, 0.2) is 35.7 Å². The van der Waals surface area contributed by atoms with Gasteiger partial charge < -0.3 is 15.2 Å². The summed E-state index contributed by atoms with van der Waals surface area (Å²) in [6, 6.07) is 7.21. The average molecular weight is 332 g/mol. The lowest BCUT2D eigenvalue weighted by Gasteiger charge is -2.07. The zero-order valence-corrected chi connectivity index (χ0v) is 14.0. The minimum Gasteiger partial charge on any atom is -0.487 e. The van der Waals surface area contributed by atoms with Gasteiger partial charge in [-0.2, -0.15) is 0 Å². The van der Waals surface area contributed by atoms with E-state index >= 15 is 0 Å². The second-order valence-electron chi connectivity index (χ2n) is 5.14. The zero-order chi connectivity index (χ0) is 16.7. The van der Waals surface area contributed by atoms with Gasteiger partial charge in [0.2, 0.25) is 5.91 Å². The first-order valence-electron chi connectivity index (χ1n) is 7.30. The molecule has 0 aliphatic heterocycles. The number of aromatic nitrogens is 1. The van der Waals surface area contributed by atoms with Gasteiger partial charge in [0.25, 0.3) is 0 Å². The summed E-state index contributed by atoms with van der Waals surface area (Å²) in [5.41, 5.74) is 1.82. The van der Waals surface area contributed by atoms with E-state index in [2.05, 4.69) is 10.3 Å². The maximum absolute atomic E-state index is 11.6. The van der Waals surface area contributed by atoms with E-state index in [1.54, 1.807) is 24.3 Å². The van der Waals surface area contributed by atoms with Gasteiger partial charge in [0.05, 0.1) is 17.3 Å². The van der Waals surface area contributed by atoms with Crippen molar-refractivity contribution < 1.29 is 14.6 Å². The summed E-state index contributed by atoms with van der Waals surface area (Å²) in [4.78, 5) is 15.9. The van der Waals surface area contributed by atoms with Gasteiger partial charge in [0.1, 0.15) is 12.4 Å². The number of aryl methyl sites for hydroxylation is 1. The number of carbonyl (C=O) groups is 1. The van der Waals surface area contributed by atoms with Gasteiger partial charge in [-0.1, -0.05) is 12.1 Å². The fraction of sp³-hybridized carbons (Fsp3) is 0.294. The van der Waals surface area contributed by atoms with Crippen LogP contribution in [-0.4, -0.2) is 28.6 Å². The van der Waals surface area contributed by atoms with Gasteiger partial charge in [0.15, 0.2) is 0 Å². The summed E-state index contributed by atoms with van der Waals surface area (Å²) < 4.78 is 5.67. The molecular formula is C17H20N2O3S. The van der Waals surface area contributed by atoms with Crippen LogP contribution in [0.2, 0.25) is 0 Å². The number of rotatable bonds is 7. The SMILES string of the molecule is Cc1nc(COc2ccc(/C=C/C(=O)NC(C)CO)cc2)cs1. The predicted octanol–water partition coefficient (Wildman–Crippen LogP) is 2.54. The lowest BCUT2D eigenvalue weighted by Crippen LogP contribution is -2.33. The lowest BCUT2D eigenvalue weighted by molar-refractivity contribution is -0.117. The molecule has 0 radical (unpaired) electrons. The fourth-order valence-corrected chi connectivity index (χ4v) is 2.41. The van der Waals surface area contributed by atoms with Crippen LogP contribution in [0.1, 0.15) is 23.2 Å². The van der Waals surface area contributed by atoms with Crippen molar-refractivity contribution in [1.29, 1.82) is 0 Å². The Kier molecular flexibility index (Phi) is 6.31. The molecule has 0 aliphatic carbocycles. The van der Waals surface area contributed by atoms with Crippen LogP contribution in [0, 0.1) is 6.92 Å². The lowest BCUT2D eigenvalue weighted by atomic mass is 10.2. The van der Waals surface area contributed by atoms with Gasteiger partial charge in [-0.05, 0) is 37.6 Å². The van der Waals surface area contributed by atoms with Crippen LogP contribution in [0.5, 0.6) is 5.75 Å². The Hall–Kier alpha value is -2.18. The second-order valence-corrected chi connectivity index (χ2v) is 6.20. The molecule has 0 saturated heterocycles. The van der Waals surface area contributed by atoms with Crippen molar-refractivity contribution in [3.05, 3.63) is 52.0 Å². The quantitative estimate of drug-likeness (QED) is 0.764. The van der Waals surface area contributed by atoms with Gasteiger partial charge in [-0.15, -0.1) is 11.3 Å². The topological polar surface area (TPSA) is 71.5 Å². The van der Waals surface area contributed by atoms with Crippen molar-refractivity contribution in [2.24, 2.45) is 0 Å². The van der Waals surface area contributed by atoms with Crippen LogP contribution in [-0.2, 0) is 11.4 Å². The molecule has 0 fully saturated rings. The molecule has 2 aromatic rings. The highest BCUT2D eigenvalue weighted by molar-refractivity contribution is 7.09. The maximum atomic E-state index is 11.6. The Morgan fingerprint density at radius 3 is 2.78 bits per heavy atom. The Labute approximate surface area is 139 Å². The third-order valence-electron chi connectivity index (χ3n) is 3.02. The maximum Gasteiger partial charge on any atom is 0.244 e. The number of carbonyl (C=O) groups excluding carboxylic acids is 1. The van der Waals surface area contributed by atoms with E-state index in [0.717, 1.165) is 22.0 Å². The normalized spacial score (nSPS) is 12.3. The van der Waals surface area contributed by atoms with E-state index in [9.17, 15) is 4.79 Å². The highest BCUT2D eigenvalue weighted by Crippen LogP contribution is 2.16. The van der Waals surface area contributed by atoms with Crippen molar-refractivity contribution in [3.63, 3.8) is 0 Å². The van der Waals surface area contributed by atoms with E-state index < -0.39 is 0 Å². The molecule has 0 aliphatic rings. The molecule has 0 bridgehead atoms. The van der Waals surface area contributed by atoms with Crippen LogP contribution >= 0.6 is 11.3 Å². The molecule has 0 spiro atoms. The Morgan fingerprint density at radius 1 is 1.43 bits per heavy atom. The highest BCUT2D eigenvalue weighted by atomic mass is 32.1. The molecule has 2 N–H and O–H groups in total. The number of thiazole rings is 1. The average Bonchev–Trinajstić information content (AvgIpc) is 2.97. The molecule has 0 saturated carbocycles. The molecule has 2 rings (SSSR count). The first-order valence-corrected chi connectivity index (χ1v) is 8.18. The number of nitrogens with one attached hydrogen (secondary N) is 1. The molecule has 1 aromatic carbocycles. The molecule has 1 heterocycles. The first kappa shape index (κ1) is 17.2. The number of nitrogens with zero attached hydrogens (tertiary/aromatic N) is 1. The smallest absolute Gasteiger partial charge is 0.244 e. The minimum absolute atomic E-state index is 0.0792. The van der Waals surface area contributed by atoms with Gasteiger partial charge in [-0.25, -0.2) is 4.98 Å².